The number of nitrogens with one attached hydrogen (secondary N) is 1. The van der Waals surface area contributed by atoms with Crippen LogP contribution in [-0.2, 0) is 9.59 Å². The van der Waals surface area contributed by atoms with Gasteiger partial charge in [0.15, 0.2) is 0 Å². The second-order valence-electron chi connectivity index (χ2n) is 5.14. The summed E-state index contributed by atoms with van der Waals surface area (Å²) in [6.07, 6.45) is 2.38. The van der Waals surface area contributed by atoms with Crippen molar-refractivity contribution in [3.63, 3.8) is 0 Å². The normalized spacial score (nSPS) is 21.5. The van der Waals surface area contributed by atoms with E-state index in [1.54, 1.807) is 6.07 Å². The van der Waals surface area contributed by atoms with Crippen LogP contribution in [0, 0.1) is 11.8 Å². The summed E-state index contributed by atoms with van der Waals surface area (Å²) < 4.78 is 0. The molecule has 0 spiro atoms. The Balaban J connectivity index is 2.17. The number of benzene rings is 1. The molecule has 0 saturated heterocycles. The molecule has 0 bridgehead atoms. The minimum Gasteiger partial charge on any atom is -0.550 e. The molecule has 0 aliphatic heterocycles. The van der Waals surface area contributed by atoms with Crippen LogP contribution in [0.1, 0.15) is 36.0 Å². The van der Waals surface area contributed by atoms with Gasteiger partial charge in [-0.1, -0.05) is 31.0 Å². The van der Waals surface area contributed by atoms with Gasteiger partial charge in [-0.05, 0) is 18.9 Å². The summed E-state index contributed by atoms with van der Waals surface area (Å²) in [6.45, 7) is 0. The lowest BCUT2D eigenvalue weighted by Gasteiger charge is -2.31. The lowest BCUT2D eigenvalue weighted by Crippen LogP contribution is -2.42. The summed E-state index contributed by atoms with van der Waals surface area (Å²) in [7, 11) is 0. The molecule has 0 heterocycles. The number of carboxylic acids is 2. The van der Waals surface area contributed by atoms with Crippen molar-refractivity contribution >= 4 is 23.5 Å². The van der Waals surface area contributed by atoms with Crippen LogP contribution < -0.4 is 15.5 Å². The number of para-hydroxylation sites is 1. The number of carboxylic acid groups (broad SMARTS) is 2. The van der Waals surface area contributed by atoms with Crippen molar-refractivity contribution in [3.8, 4) is 0 Å². The summed E-state index contributed by atoms with van der Waals surface area (Å²) in [5.41, 5.74) is -0.0168. The van der Waals surface area contributed by atoms with E-state index in [9.17, 15) is 24.6 Å². The predicted octanol–water partition coefficient (Wildman–Crippen LogP) is -0.455. The van der Waals surface area contributed by atoms with Crippen LogP contribution in [0.2, 0.25) is 0 Å². The van der Waals surface area contributed by atoms with Crippen LogP contribution in [0.25, 0.3) is 0 Å². The fraction of sp³-hybridized carbons (Fsp3) is 0.400. The Morgan fingerprint density at radius 3 is 2.24 bits per heavy atom. The SMILES string of the molecule is O=C([O-])c1ccccc1NC(=O)[C@H]1CCCC[C@@H]1C(=O)[O-]. The largest absolute Gasteiger partial charge is 0.550 e. The second kappa shape index (κ2) is 6.39. The number of hydrogen-bond acceptors (Lipinski definition) is 5. The minimum absolute atomic E-state index is 0.116. The first kappa shape index (κ1) is 15.0. The summed E-state index contributed by atoms with van der Waals surface area (Å²) in [5, 5.41) is 24.6. The van der Waals surface area contributed by atoms with Crippen molar-refractivity contribution in [2.45, 2.75) is 25.7 Å². The van der Waals surface area contributed by atoms with Gasteiger partial charge in [-0.3, -0.25) is 4.79 Å². The van der Waals surface area contributed by atoms with Crippen LogP contribution in [0.15, 0.2) is 24.3 Å². The molecule has 112 valence electrons. The van der Waals surface area contributed by atoms with E-state index < -0.39 is 29.7 Å². The van der Waals surface area contributed by atoms with E-state index in [4.69, 9.17) is 0 Å². The molecule has 6 heteroatoms. The highest BCUT2D eigenvalue weighted by Crippen LogP contribution is 2.31. The van der Waals surface area contributed by atoms with Gasteiger partial charge in [0.1, 0.15) is 0 Å². The van der Waals surface area contributed by atoms with Crippen molar-refractivity contribution in [3.05, 3.63) is 29.8 Å². The van der Waals surface area contributed by atoms with E-state index >= 15 is 0 Å². The van der Waals surface area contributed by atoms with Crippen LogP contribution >= 0.6 is 0 Å². The number of hydrogen-bond donors (Lipinski definition) is 1. The average molecular weight is 289 g/mol. The molecule has 6 nitrogen and oxygen atoms in total. The van der Waals surface area contributed by atoms with Gasteiger partial charge in [0.05, 0.1) is 5.97 Å². The first-order valence-corrected chi connectivity index (χ1v) is 6.83. The van der Waals surface area contributed by atoms with Gasteiger partial charge in [-0.25, -0.2) is 0 Å². The zero-order chi connectivity index (χ0) is 15.4. The molecule has 1 N–H and O–H groups in total. The molecular weight excluding hydrogens is 274 g/mol. The van der Waals surface area contributed by atoms with Crippen LogP contribution in [0.4, 0.5) is 5.69 Å². The molecule has 1 saturated carbocycles. The highest BCUT2D eigenvalue weighted by atomic mass is 16.4. The molecule has 2 atom stereocenters. The summed E-state index contributed by atoms with van der Waals surface area (Å²) in [4.78, 5) is 34.3. The molecular formula is C15H15NO5-2. The van der Waals surface area contributed by atoms with Gasteiger partial charge >= 0.3 is 0 Å². The molecule has 1 aromatic rings. The smallest absolute Gasteiger partial charge is 0.228 e. The molecule has 21 heavy (non-hydrogen) atoms. The fourth-order valence-corrected chi connectivity index (χ4v) is 2.72. The standard InChI is InChI=1S/C15H17NO5/c17-13(9-5-1-2-6-10(9)14(18)19)16-12-8-4-3-7-11(12)15(20)21/h3-4,7-10H,1-2,5-6H2,(H,16,17)(H,18,19)(H,20,21)/p-2/t9-,10-/m0/s1. The van der Waals surface area contributed by atoms with E-state index in [0.29, 0.717) is 12.8 Å². The van der Waals surface area contributed by atoms with Gasteiger partial charge in [-0.15, -0.1) is 0 Å². The topological polar surface area (TPSA) is 109 Å². The molecule has 2 rings (SSSR count). The molecule has 1 aromatic carbocycles. The molecule has 0 unspecified atom stereocenters. The third-order valence-electron chi connectivity index (χ3n) is 3.81. The Morgan fingerprint density at radius 2 is 1.62 bits per heavy atom. The first-order valence-electron chi connectivity index (χ1n) is 6.83. The van der Waals surface area contributed by atoms with E-state index in [-0.39, 0.29) is 11.3 Å². The first-order chi connectivity index (χ1) is 10.0. The summed E-state index contributed by atoms with van der Waals surface area (Å²) in [5.74, 6) is -4.64. The number of carbonyl (C=O) groups excluding carboxylic acids is 3. The Morgan fingerprint density at radius 1 is 1.00 bits per heavy atom. The monoisotopic (exact) mass is 289 g/mol. The highest BCUT2D eigenvalue weighted by Gasteiger charge is 2.32. The summed E-state index contributed by atoms with van der Waals surface area (Å²) in [6, 6.07) is 5.87. The fourth-order valence-electron chi connectivity index (χ4n) is 2.72. The predicted molar refractivity (Wildman–Crippen MR) is 69.9 cm³/mol. The Labute approximate surface area is 121 Å². The Bertz CT molecular complexity index is 569. The van der Waals surface area contributed by atoms with Crippen molar-refractivity contribution in [2.75, 3.05) is 5.32 Å². The second-order valence-corrected chi connectivity index (χ2v) is 5.14. The van der Waals surface area contributed by atoms with Gasteiger partial charge in [0, 0.05) is 29.1 Å². The van der Waals surface area contributed by atoms with Gasteiger partial charge in [0.25, 0.3) is 0 Å². The van der Waals surface area contributed by atoms with Gasteiger partial charge < -0.3 is 25.1 Å². The van der Waals surface area contributed by atoms with Gasteiger partial charge in [-0.2, -0.15) is 0 Å². The van der Waals surface area contributed by atoms with E-state index in [1.165, 1.54) is 18.2 Å². The van der Waals surface area contributed by atoms with E-state index in [1.807, 2.05) is 0 Å². The number of carbonyl (C=O) groups is 3. The molecule has 0 aromatic heterocycles. The number of rotatable bonds is 4. The maximum atomic E-state index is 12.2. The number of amides is 1. The molecule has 1 amide bonds. The number of aliphatic carboxylic acids is 1. The molecule has 1 fully saturated rings. The third kappa shape index (κ3) is 3.39. The average Bonchev–Trinajstić information content (AvgIpc) is 2.47. The lowest BCUT2D eigenvalue weighted by molar-refractivity contribution is -0.313. The maximum absolute atomic E-state index is 12.2. The number of anilines is 1. The van der Waals surface area contributed by atoms with Gasteiger partial charge in [0.2, 0.25) is 5.91 Å². The zero-order valence-corrected chi connectivity index (χ0v) is 11.3. The Hall–Kier alpha value is -2.37. The number of aromatic carboxylic acids is 1. The Kier molecular flexibility index (Phi) is 4.57. The zero-order valence-electron chi connectivity index (χ0n) is 11.3. The quantitative estimate of drug-likeness (QED) is 0.807. The summed E-state index contributed by atoms with van der Waals surface area (Å²) >= 11 is 0. The molecule has 0 radical (unpaired) electrons. The third-order valence-corrected chi connectivity index (χ3v) is 3.81. The highest BCUT2D eigenvalue weighted by molar-refractivity contribution is 6.01. The minimum atomic E-state index is -1.40. The van der Waals surface area contributed by atoms with Crippen LogP contribution in [0.5, 0.6) is 0 Å². The van der Waals surface area contributed by atoms with Crippen molar-refractivity contribution in [2.24, 2.45) is 11.8 Å². The lowest BCUT2D eigenvalue weighted by atomic mass is 9.78. The van der Waals surface area contributed by atoms with Crippen LogP contribution in [-0.4, -0.2) is 17.8 Å². The van der Waals surface area contributed by atoms with Crippen molar-refractivity contribution in [1.82, 2.24) is 0 Å². The van der Waals surface area contributed by atoms with Crippen molar-refractivity contribution < 1.29 is 24.6 Å². The molecule has 1 aliphatic carbocycles. The van der Waals surface area contributed by atoms with Crippen molar-refractivity contribution in [1.29, 1.82) is 0 Å². The van der Waals surface area contributed by atoms with Crippen LogP contribution in [0.3, 0.4) is 0 Å². The maximum Gasteiger partial charge on any atom is 0.228 e. The van der Waals surface area contributed by atoms with E-state index in [2.05, 4.69) is 5.32 Å². The molecule has 1 aliphatic rings. The van der Waals surface area contributed by atoms with E-state index in [0.717, 1.165) is 12.8 Å².